The van der Waals surface area contributed by atoms with Gasteiger partial charge in [0.15, 0.2) is 0 Å². The second-order valence-electron chi connectivity index (χ2n) is 8.60. The summed E-state index contributed by atoms with van der Waals surface area (Å²) in [4.78, 5) is 14.3. The lowest BCUT2D eigenvalue weighted by molar-refractivity contribution is -0.121. The van der Waals surface area contributed by atoms with Gasteiger partial charge in [-0.05, 0) is 49.4 Å². The van der Waals surface area contributed by atoms with E-state index in [1.165, 1.54) is 12.1 Å². The molecule has 0 aliphatic carbocycles. The summed E-state index contributed by atoms with van der Waals surface area (Å²) < 4.78 is 25.2. The highest BCUT2D eigenvalue weighted by atomic mass is 19.1. The molecule has 0 bridgehead atoms. The van der Waals surface area contributed by atoms with E-state index in [4.69, 9.17) is 9.47 Å². The molecule has 31 heavy (non-hydrogen) atoms. The summed E-state index contributed by atoms with van der Waals surface area (Å²) in [7, 11) is 0. The van der Waals surface area contributed by atoms with E-state index in [1.807, 2.05) is 18.2 Å². The molecule has 1 amide bonds. The third-order valence-electron chi connectivity index (χ3n) is 6.34. The number of ether oxygens (including phenoxy) is 2. The number of carbonyl (C=O) groups excluding carboxylic acids is 1. The molecule has 0 spiro atoms. The molecule has 2 heterocycles. The number of amides is 1. The molecule has 6 heteroatoms. The van der Waals surface area contributed by atoms with Crippen molar-refractivity contribution < 1.29 is 18.7 Å². The van der Waals surface area contributed by atoms with Crippen LogP contribution in [0.15, 0.2) is 48.5 Å². The van der Waals surface area contributed by atoms with Crippen LogP contribution in [0.25, 0.3) is 0 Å². The Kier molecular flexibility index (Phi) is 6.88. The average molecular weight is 427 g/mol. The van der Waals surface area contributed by atoms with Gasteiger partial charge < -0.3 is 14.8 Å². The number of benzene rings is 2. The van der Waals surface area contributed by atoms with Crippen molar-refractivity contribution in [1.29, 1.82) is 0 Å². The Morgan fingerprint density at radius 3 is 2.61 bits per heavy atom. The van der Waals surface area contributed by atoms with Crippen LogP contribution in [0, 0.1) is 5.82 Å². The van der Waals surface area contributed by atoms with Crippen molar-refractivity contribution in [2.24, 2.45) is 0 Å². The summed E-state index contributed by atoms with van der Waals surface area (Å²) in [5, 5.41) is 3.15. The van der Waals surface area contributed by atoms with Gasteiger partial charge in [0.1, 0.15) is 18.2 Å². The van der Waals surface area contributed by atoms with E-state index in [0.29, 0.717) is 6.61 Å². The van der Waals surface area contributed by atoms with Crippen LogP contribution >= 0.6 is 0 Å². The maximum absolute atomic E-state index is 13.4. The topological polar surface area (TPSA) is 50.8 Å². The van der Waals surface area contributed by atoms with Gasteiger partial charge in [0.2, 0.25) is 5.91 Å². The predicted molar refractivity (Wildman–Crippen MR) is 117 cm³/mol. The number of nitrogens with zero attached hydrogens (tertiary/aromatic N) is 1. The van der Waals surface area contributed by atoms with Crippen LogP contribution in [-0.2, 0) is 21.6 Å². The zero-order chi connectivity index (χ0) is 21.7. The molecule has 2 aromatic rings. The quantitative estimate of drug-likeness (QED) is 0.727. The number of piperidine rings is 1. The van der Waals surface area contributed by atoms with E-state index in [2.05, 4.69) is 16.3 Å². The number of halogens is 1. The third-order valence-corrected chi connectivity index (χ3v) is 6.34. The van der Waals surface area contributed by atoms with Gasteiger partial charge in [0.05, 0.1) is 11.6 Å². The largest absolute Gasteiger partial charge is 0.491 e. The Morgan fingerprint density at radius 1 is 1.19 bits per heavy atom. The molecule has 166 valence electrons. The van der Waals surface area contributed by atoms with Crippen molar-refractivity contribution in [3.63, 3.8) is 0 Å². The van der Waals surface area contributed by atoms with E-state index in [0.717, 1.165) is 68.8 Å². The molecule has 0 radical (unpaired) electrons. The maximum atomic E-state index is 13.4. The van der Waals surface area contributed by atoms with E-state index < -0.39 is 5.54 Å². The van der Waals surface area contributed by atoms with Crippen LogP contribution in [0.5, 0.6) is 5.75 Å². The van der Waals surface area contributed by atoms with Crippen LogP contribution in [0.3, 0.4) is 0 Å². The zero-order valence-electron chi connectivity index (χ0n) is 18.1. The fourth-order valence-corrected chi connectivity index (χ4v) is 4.66. The smallest absolute Gasteiger partial charge is 0.217 e. The minimum absolute atomic E-state index is 0.0642. The van der Waals surface area contributed by atoms with Crippen LogP contribution in [0.4, 0.5) is 4.39 Å². The number of hydrogen-bond donors (Lipinski definition) is 1. The summed E-state index contributed by atoms with van der Waals surface area (Å²) in [6.07, 6.45) is 3.90. The van der Waals surface area contributed by atoms with Gasteiger partial charge >= 0.3 is 0 Å². The van der Waals surface area contributed by atoms with E-state index in [9.17, 15) is 9.18 Å². The first-order valence-electron chi connectivity index (χ1n) is 11.1. The number of rotatable bonds is 7. The van der Waals surface area contributed by atoms with E-state index >= 15 is 0 Å². The van der Waals surface area contributed by atoms with Crippen LogP contribution in [0.2, 0.25) is 0 Å². The second-order valence-corrected chi connectivity index (χ2v) is 8.60. The van der Waals surface area contributed by atoms with Crippen LogP contribution in [0.1, 0.15) is 43.7 Å². The molecule has 0 aromatic heterocycles. The molecule has 2 fully saturated rings. The fourth-order valence-electron chi connectivity index (χ4n) is 4.66. The van der Waals surface area contributed by atoms with Gasteiger partial charge in [0, 0.05) is 38.7 Å². The van der Waals surface area contributed by atoms with Gasteiger partial charge in [-0.1, -0.05) is 30.3 Å². The lowest BCUT2D eigenvalue weighted by atomic mass is 9.80. The monoisotopic (exact) mass is 426 g/mol. The van der Waals surface area contributed by atoms with Crippen LogP contribution < -0.4 is 10.1 Å². The van der Waals surface area contributed by atoms with E-state index in [1.54, 1.807) is 19.1 Å². The summed E-state index contributed by atoms with van der Waals surface area (Å²) >= 11 is 0. The van der Waals surface area contributed by atoms with E-state index in [-0.39, 0.29) is 17.8 Å². The van der Waals surface area contributed by atoms with Gasteiger partial charge in [-0.25, -0.2) is 4.39 Å². The molecular weight excluding hydrogens is 395 g/mol. The van der Waals surface area contributed by atoms with Crippen molar-refractivity contribution in [2.75, 3.05) is 26.3 Å². The van der Waals surface area contributed by atoms with Crippen molar-refractivity contribution in [2.45, 2.75) is 50.8 Å². The molecule has 2 aliphatic heterocycles. The first kappa shape index (κ1) is 21.8. The van der Waals surface area contributed by atoms with Gasteiger partial charge in [-0.15, -0.1) is 0 Å². The molecule has 1 atom stereocenters. The van der Waals surface area contributed by atoms with Gasteiger partial charge in [-0.3, -0.25) is 9.69 Å². The summed E-state index contributed by atoms with van der Waals surface area (Å²) in [6.45, 7) is 5.41. The Bertz CT molecular complexity index is 873. The maximum Gasteiger partial charge on any atom is 0.217 e. The van der Waals surface area contributed by atoms with Crippen molar-refractivity contribution >= 4 is 5.91 Å². The minimum Gasteiger partial charge on any atom is -0.491 e. The normalized spacial score (nSPS) is 21.0. The first-order valence-corrected chi connectivity index (χ1v) is 11.1. The highest BCUT2D eigenvalue weighted by Gasteiger charge is 2.37. The minimum atomic E-state index is -0.453. The molecule has 0 unspecified atom stereocenters. The lowest BCUT2D eigenvalue weighted by Crippen LogP contribution is -2.52. The fraction of sp³-hybridized carbons (Fsp3) is 0.480. The molecule has 2 aromatic carbocycles. The second kappa shape index (κ2) is 9.79. The number of nitrogens with one attached hydrogen (secondary N) is 1. The Morgan fingerprint density at radius 2 is 1.94 bits per heavy atom. The lowest BCUT2D eigenvalue weighted by Gasteiger charge is -2.42. The van der Waals surface area contributed by atoms with Crippen molar-refractivity contribution in [1.82, 2.24) is 10.2 Å². The highest BCUT2D eigenvalue weighted by Crippen LogP contribution is 2.34. The van der Waals surface area contributed by atoms with Gasteiger partial charge in [-0.2, -0.15) is 0 Å². The number of carbonyl (C=O) groups is 1. The third kappa shape index (κ3) is 5.43. The number of para-hydroxylation sites is 1. The molecule has 5 nitrogen and oxygen atoms in total. The Balaban J connectivity index is 1.41. The van der Waals surface area contributed by atoms with Crippen molar-refractivity contribution in [3.05, 3.63) is 65.5 Å². The SMILES string of the molecule is CC(=O)NC1(c2ccc(F)cc2)CCN(Cc2ccccc2OC[C@H]2CCCO2)CC1. The predicted octanol–water partition coefficient (Wildman–Crippen LogP) is 4.01. The highest BCUT2D eigenvalue weighted by molar-refractivity contribution is 5.74. The zero-order valence-corrected chi connectivity index (χ0v) is 18.1. The molecular formula is C25H31FN2O3. The number of likely N-dealkylation sites (tertiary alicyclic amines) is 1. The van der Waals surface area contributed by atoms with Crippen molar-refractivity contribution in [3.8, 4) is 5.75 Å². The summed E-state index contributed by atoms with van der Waals surface area (Å²) in [5.74, 6) is 0.583. The Hall–Kier alpha value is -2.44. The molecule has 1 N–H and O–H groups in total. The molecule has 4 rings (SSSR count). The van der Waals surface area contributed by atoms with Crippen LogP contribution in [-0.4, -0.2) is 43.2 Å². The average Bonchev–Trinajstić information content (AvgIpc) is 3.28. The number of hydrogen-bond acceptors (Lipinski definition) is 4. The summed E-state index contributed by atoms with van der Waals surface area (Å²) in [6, 6.07) is 14.7. The molecule has 2 aliphatic rings. The Labute approximate surface area is 183 Å². The summed E-state index contributed by atoms with van der Waals surface area (Å²) in [5.41, 5.74) is 1.67. The standard InChI is InChI=1S/C25H31FN2O3/c1-19(29)27-25(21-8-10-22(26)11-9-21)12-14-28(15-13-25)17-20-5-2-3-7-24(20)31-18-23-6-4-16-30-23/h2-3,5,7-11,23H,4,6,12-18H2,1H3,(H,27,29)/t23-/m1/s1. The first-order chi connectivity index (χ1) is 15.0. The molecule has 2 saturated heterocycles. The molecule has 0 saturated carbocycles. The van der Waals surface area contributed by atoms with Gasteiger partial charge in [0.25, 0.3) is 0 Å².